The van der Waals surface area contributed by atoms with Crippen molar-refractivity contribution >= 4 is 39.5 Å². The van der Waals surface area contributed by atoms with Crippen molar-refractivity contribution in [2.45, 2.75) is 400 Å². The summed E-state index contributed by atoms with van der Waals surface area (Å²) in [5, 5.41) is 10.6. The average Bonchev–Trinajstić information content (AvgIpc) is 1.78. The number of carbonyl (C=O) groups excluding carboxylic acids is 4. The Hall–Kier alpha value is -1.94. The Labute approximate surface area is 562 Å². The maximum Gasteiger partial charge on any atom is 0.472 e. The Kier molecular flexibility index (Phi) is 64.9. The first-order valence-electron chi connectivity index (χ1n) is 38.2. The molecule has 0 aliphatic carbocycles. The van der Waals surface area contributed by atoms with Crippen LogP contribution in [0.15, 0.2) is 0 Å². The summed E-state index contributed by atoms with van der Waals surface area (Å²) in [5.74, 6) is -1.31. The zero-order valence-corrected chi connectivity index (χ0v) is 61.5. The predicted octanol–water partition coefficient (Wildman–Crippen LogP) is 21.3. The van der Waals surface area contributed by atoms with Crippen molar-refractivity contribution in [2.24, 2.45) is 5.92 Å². The average molecular weight is 1350 g/mol. The van der Waals surface area contributed by atoms with Crippen molar-refractivity contribution in [1.29, 1.82) is 0 Å². The van der Waals surface area contributed by atoms with Crippen LogP contribution in [0.1, 0.15) is 381 Å². The van der Waals surface area contributed by atoms with Crippen LogP contribution in [-0.2, 0) is 65.4 Å². The third-order valence-corrected chi connectivity index (χ3v) is 19.3. The molecule has 0 spiro atoms. The number of unbranched alkanes of at least 4 members (excludes halogenated alkanes) is 44. The van der Waals surface area contributed by atoms with Gasteiger partial charge in [-0.05, 0) is 31.6 Å². The number of aliphatic hydroxyl groups is 1. The van der Waals surface area contributed by atoms with Gasteiger partial charge < -0.3 is 33.8 Å². The van der Waals surface area contributed by atoms with Gasteiger partial charge in [0.1, 0.15) is 19.3 Å². The van der Waals surface area contributed by atoms with Crippen LogP contribution < -0.4 is 0 Å². The van der Waals surface area contributed by atoms with E-state index in [9.17, 15) is 43.2 Å². The molecule has 546 valence electrons. The van der Waals surface area contributed by atoms with Crippen molar-refractivity contribution in [1.82, 2.24) is 0 Å². The fraction of sp³-hybridized carbons (Fsp3) is 0.945. The first-order chi connectivity index (χ1) is 44.6. The van der Waals surface area contributed by atoms with Crippen molar-refractivity contribution < 1.29 is 80.2 Å². The lowest BCUT2D eigenvalue weighted by molar-refractivity contribution is -0.161. The second-order valence-electron chi connectivity index (χ2n) is 26.6. The van der Waals surface area contributed by atoms with Crippen LogP contribution in [0.4, 0.5) is 0 Å². The molecule has 3 N–H and O–H groups in total. The van der Waals surface area contributed by atoms with Crippen LogP contribution in [0, 0.1) is 5.92 Å². The summed E-state index contributed by atoms with van der Waals surface area (Å²) in [6.45, 7) is 7.30. The van der Waals surface area contributed by atoms with Gasteiger partial charge in [-0.15, -0.1) is 0 Å². The summed E-state index contributed by atoms with van der Waals surface area (Å²) in [5.41, 5.74) is 0. The zero-order valence-electron chi connectivity index (χ0n) is 59.7. The molecule has 3 unspecified atom stereocenters. The Balaban J connectivity index is 5.25. The number of rotatable bonds is 73. The van der Waals surface area contributed by atoms with Gasteiger partial charge in [-0.2, -0.15) is 0 Å². The monoisotopic (exact) mass is 1350 g/mol. The van der Waals surface area contributed by atoms with E-state index in [-0.39, 0.29) is 25.7 Å². The van der Waals surface area contributed by atoms with E-state index in [4.69, 9.17) is 37.0 Å². The third kappa shape index (κ3) is 65.4. The molecule has 0 aromatic rings. The van der Waals surface area contributed by atoms with Crippen LogP contribution in [0.25, 0.3) is 0 Å². The molecule has 0 aliphatic heterocycles. The number of phosphoric ester groups is 2. The normalized spacial score (nSPS) is 14.3. The van der Waals surface area contributed by atoms with E-state index in [1.54, 1.807) is 0 Å². The molecule has 17 nitrogen and oxygen atoms in total. The second-order valence-corrected chi connectivity index (χ2v) is 29.5. The van der Waals surface area contributed by atoms with Crippen LogP contribution >= 0.6 is 15.6 Å². The van der Waals surface area contributed by atoms with Crippen LogP contribution in [0.5, 0.6) is 0 Å². The maximum atomic E-state index is 13.1. The standard InChI is InChI=1S/C73H142O17P2/c1-6-10-13-16-19-22-25-27-28-29-30-32-39-44-49-54-59-73(78)90-69(63-84-71(76)57-52-47-42-37-34-33-35-40-45-50-55-66(5)9-4)65-88-92(81,82)86-61-67(74)60-85-91(79,80)87-64-68(62-83-70(75)56-51-46-41-36-24-21-18-15-12-8-3)89-72(77)58-53-48-43-38-31-26-23-20-17-14-11-7-2/h66-69,74H,6-65H2,1-5H3,(H,79,80)(H,81,82)/t66?,67-,68+,69+/m0/s1. The van der Waals surface area contributed by atoms with E-state index >= 15 is 0 Å². The number of carbonyl (C=O) groups is 4. The maximum absolute atomic E-state index is 13.1. The van der Waals surface area contributed by atoms with E-state index < -0.39 is 97.5 Å². The second kappa shape index (κ2) is 66.3. The molecular formula is C73H142O17P2. The third-order valence-electron chi connectivity index (χ3n) is 17.4. The topological polar surface area (TPSA) is 237 Å². The largest absolute Gasteiger partial charge is 0.472 e. The van der Waals surface area contributed by atoms with Crippen LogP contribution in [0.3, 0.4) is 0 Å². The number of hydrogen-bond acceptors (Lipinski definition) is 15. The van der Waals surface area contributed by atoms with E-state index in [0.29, 0.717) is 25.7 Å². The van der Waals surface area contributed by atoms with E-state index in [0.717, 1.165) is 95.8 Å². The molecule has 0 saturated heterocycles. The number of phosphoric acid groups is 2. The SMILES string of the molecule is CCCCCCCCCCCCCCCCCCC(=O)O[C@H](COC(=O)CCCCCCCCCCCCC(C)CC)COP(=O)(O)OC[C@@H](O)COP(=O)(O)OC[C@@H](COC(=O)CCCCCCCCCCCC)OC(=O)CCCCCCCCCCCCCC. The smallest absolute Gasteiger partial charge is 0.462 e. The molecule has 0 aliphatic rings. The highest BCUT2D eigenvalue weighted by molar-refractivity contribution is 7.47. The molecule has 0 aromatic heterocycles. The van der Waals surface area contributed by atoms with Crippen LogP contribution in [0.2, 0.25) is 0 Å². The summed E-state index contributed by atoms with van der Waals surface area (Å²) in [7, 11) is -9.90. The summed E-state index contributed by atoms with van der Waals surface area (Å²) >= 11 is 0. The number of aliphatic hydroxyl groups excluding tert-OH is 1. The molecule has 6 atom stereocenters. The van der Waals surface area contributed by atoms with Gasteiger partial charge >= 0.3 is 39.5 Å². The molecule has 0 radical (unpaired) electrons. The molecule has 0 bridgehead atoms. The van der Waals surface area contributed by atoms with Crippen molar-refractivity contribution in [3.05, 3.63) is 0 Å². The molecule has 0 fully saturated rings. The lowest BCUT2D eigenvalue weighted by atomic mass is 9.99. The van der Waals surface area contributed by atoms with Crippen molar-refractivity contribution in [3.8, 4) is 0 Å². The molecule has 92 heavy (non-hydrogen) atoms. The minimum Gasteiger partial charge on any atom is -0.462 e. The Morgan fingerprint density at radius 1 is 0.304 bits per heavy atom. The van der Waals surface area contributed by atoms with Gasteiger partial charge in [0.2, 0.25) is 0 Å². The molecule has 0 rings (SSSR count). The van der Waals surface area contributed by atoms with Gasteiger partial charge in [0.05, 0.1) is 26.4 Å². The molecule has 0 heterocycles. The predicted molar refractivity (Wildman–Crippen MR) is 372 cm³/mol. The van der Waals surface area contributed by atoms with Gasteiger partial charge in [0.25, 0.3) is 0 Å². The first kappa shape index (κ1) is 90.1. The van der Waals surface area contributed by atoms with E-state index in [1.807, 2.05) is 0 Å². The molecule has 0 saturated carbocycles. The quantitative estimate of drug-likeness (QED) is 0.0222. The molecular weight excluding hydrogens is 1210 g/mol. The summed E-state index contributed by atoms with van der Waals surface area (Å²) < 4.78 is 68.4. The Morgan fingerprint density at radius 3 is 0.772 bits per heavy atom. The number of esters is 4. The summed E-state index contributed by atoms with van der Waals surface area (Å²) in [6, 6.07) is 0. The lowest BCUT2D eigenvalue weighted by Crippen LogP contribution is -2.30. The van der Waals surface area contributed by atoms with Gasteiger partial charge in [-0.3, -0.25) is 37.3 Å². The highest BCUT2D eigenvalue weighted by Crippen LogP contribution is 2.45. The van der Waals surface area contributed by atoms with E-state index in [1.165, 1.54) is 205 Å². The summed E-state index contributed by atoms with van der Waals surface area (Å²) in [4.78, 5) is 72.7. The Morgan fingerprint density at radius 2 is 0.522 bits per heavy atom. The van der Waals surface area contributed by atoms with Crippen LogP contribution in [-0.4, -0.2) is 96.7 Å². The van der Waals surface area contributed by atoms with E-state index in [2.05, 4.69) is 34.6 Å². The molecule has 0 amide bonds. The first-order valence-corrected chi connectivity index (χ1v) is 41.2. The fourth-order valence-corrected chi connectivity index (χ4v) is 12.7. The summed E-state index contributed by atoms with van der Waals surface area (Å²) in [6.07, 6.45) is 53.8. The highest BCUT2D eigenvalue weighted by atomic mass is 31.2. The number of hydrogen-bond donors (Lipinski definition) is 3. The highest BCUT2D eigenvalue weighted by Gasteiger charge is 2.30. The molecule has 19 heteroatoms. The van der Waals surface area contributed by atoms with Gasteiger partial charge in [0.15, 0.2) is 12.2 Å². The minimum absolute atomic E-state index is 0.108. The fourth-order valence-electron chi connectivity index (χ4n) is 11.1. The van der Waals surface area contributed by atoms with Crippen molar-refractivity contribution in [2.75, 3.05) is 39.6 Å². The Bertz CT molecular complexity index is 1770. The van der Waals surface area contributed by atoms with Crippen molar-refractivity contribution in [3.63, 3.8) is 0 Å². The lowest BCUT2D eigenvalue weighted by Gasteiger charge is -2.21. The van der Waals surface area contributed by atoms with Gasteiger partial charge in [0, 0.05) is 25.7 Å². The number of ether oxygens (including phenoxy) is 4. The zero-order chi connectivity index (χ0) is 67.7. The van der Waals surface area contributed by atoms with Gasteiger partial charge in [-0.25, -0.2) is 9.13 Å². The van der Waals surface area contributed by atoms with Gasteiger partial charge in [-0.1, -0.05) is 330 Å². The minimum atomic E-state index is -4.95. The molecule has 0 aromatic carbocycles.